The number of benzene rings is 2. The fourth-order valence-corrected chi connectivity index (χ4v) is 5.20. The van der Waals surface area contributed by atoms with Crippen LogP contribution in [0, 0.1) is 11.3 Å². The summed E-state index contributed by atoms with van der Waals surface area (Å²) in [6, 6.07) is 26.0. The van der Waals surface area contributed by atoms with Crippen molar-refractivity contribution in [1.29, 1.82) is 5.26 Å². The molecule has 5 nitrogen and oxygen atoms in total. The summed E-state index contributed by atoms with van der Waals surface area (Å²) >= 11 is 0. The van der Waals surface area contributed by atoms with Gasteiger partial charge < -0.3 is 4.57 Å². The van der Waals surface area contributed by atoms with Crippen LogP contribution in [0.4, 0.5) is 0 Å². The molecule has 0 spiro atoms. The molecule has 2 aromatic heterocycles. The molecule has 1 aliphatic rings. The van der Waals surface area contributed by atoms with Crippen LogP contribution in [0.15, 0.2) is 72.9 Å². The maximum atomic E-state index is 9.07. The lowest BCUT2D eigenvalue weighted by molar-refractivity contribution is 0.162. The molecule has 0 bridgehead atoms. The summed E-state index contributed by atoms with van der Waals surface area (Å²) in [7, 11) is 0. The summed E-state index contributed by atoms with van der Waals surface area (Å²) in [6.45, 7) is 2.54. The second-order valence-electron chi connectivity index (χ2n) is 9.09. The zero-order valence-corrected chi connectivity index (χ0v) is 19.6. The predicted molar refractivity (Wildman–Crippen MR) is 135 cm³/mol. The van der Waals surface area contributed by atoms with Gasteiger partial charge in [-0.25, -0.2) is 4.98 Å². The van der Waals surface area contributed by atoms with Gasteiger partial charge in [0.15, 0.2) is 0 Å². The molecule has 4 aromatic rings. The predicted octanol–water partition coefficient (Wildman–Crippen LogP) is 5.86. The summed E-state index contributed by atoms with van der Waals surface area (Å²) in [5.74, 6) is 1.08. The molecule has 0 aliphatic heterocycles. The van der Waals surface area contributed by atoms with Gasteiger partial charge in [0.05, 0.1) is 35.4 Å². The van der Waals surface area contributed by atoms with Crippen molar-refractivity contribution in [2.24, 2.45) is 0 Å². The van der Waals surface area contributed by atoms with Crippen molar-refractivity contribution < 1.29 is 0 Å². The summed E-state index contributed by atoms with van der Waals surface area (Å²) in [5, 5.41) is 9.07. The van der Waals surface area contributed by atoms with Gasteiger partial charge in [0.2, 0.25) is 0 Å². The normalized spacial score (nSPS) is 15.4. The Kier molecular flexibility index (Phi) is 6.97. The van der Waals surface area contributed by atoms with Crippen molar-refractivity contribution in [2.75, 3.05) is 6.54 Å². The lowest BCUT2D eigenvalue weighted by Crippen LogP contribution is -2.34. The summed E-state index contributed by atoms with van der Waals surface area (Å²) in [6.07, 6.45) is 7.74. The van der Waals surface area contributed by atoms with E-state index in [-0.39, 0.29) is 0 Å². The van der Waals surface area contributed by atoms with Crippen LogP contribution in [0.2, 0.25) is 0 Å². The minimum atomic E-state index is 0.293. The molecule has 2 aromatic carbocycles. The maximum Gasteiger partial charge on any atom is 0.124 e. The van der Waals surface area contributed by atoms with Gasteiger partial charge in [0, 0.05) is 25.7 Å². The van der Waals surface area contributed by atoms with Gasteiger partial charge in [0.1, 0.15) is 5.82 Å². The van der Waals surface area contributed by atoms with Crippen LogP contribution in [-0.4, -0.2) is 26.0 Å². The fourth-order valence-electron chi connectivity index (χ4n) is 5.20. The minimum Gasteiger partial charge on any atom is -0.327 e. The minimum absolute atomic E-state index is 0.293. The number of hydrogen-bond acceptors (Lipinski definition) is 4. The molecule has 1 atom stereocenters. The molecule has 5 heteroatoms. The molecule has 0 fully saturated rings. The first-order valence-electron chi connectivity index (χ1n) is 12.4. The molecule has 0 saturated heterocycles. The third-order valence-electron chi connectivity index (χ3n) is 6.89. The van der Waals surface area contributed by atoms with Gasteiger partial charge in [0.25, 0.3) is 0 Å². The highest BCUT2D eigenvalue weighted by atomic mass is 15.2. The van der Waals surface area contributed by atoms with E-state index in [1.807, 2.05) is 12.3 Å². The molecule has 1 unspecified atom stereocenters. The largest absolute Gasteiger partial charge is 0.327 e. The van der Waals surface area contributed by atoms with Crippen LogP contribution in [-0.2, 0) is 25.9 Å². The van der Waals surface area contributed by atoms with Crippen molar-refractivity contribution in [3.63, 3.8) is 0 Å². The van der Waals surface area contributed by atoms with Gasteiger partial charge >= 0.3 is 0 Å². The second kappa shape index (κ2) is 10.6. The van der Waals surface area contributed by atoms with E-state index in [1.54, 1.807) is 0 Å². The third kappa shape index (κ3) is 4.88. The quantitative estimate of drug-likeness (QED) is 0.300. The Morgan fingerprint density at radius 3 is 2.76 bits per heavy atom. The molecular formula is C29H31N5. The van der Waals surface area contributed by atoms with E-state index < -0.39 is 0 Å². The number of unbranched alkanes of at least 4 members (excludes halogenated alkanes) is 1. The third-order valence-corrected chi connectivity index (χ3v) is 6.89. The van der Waals surface area contributed by atoms with Crippen LogP contribution in [0.1, 0.15) is 54.4 Å². The molecule has 2 heterocycles. The standard InChI is InChI=1S/C29H31N5/c30-18-6-7-20-34-26-15-5-4-14-25(26)32-28(34)22-33(21-17-23-10-2-1-3-11-23)27-16-8-12-24-13-9-19-31-29(24)27/h1-5,9-11,13-15,19,27H,6-8,12,16-17,20-22H2. The average molecular weight is 450 g/mol. The van der Waals surface area contributed by atoms with Crippen molar-refractivity contribution in [3.05, 3.63) is 95.6 Å². The number of aryl methyl sites for hydroxylation is 2. The highest BCUT2D eigenvalue weighted by Gasteiger charge is 2.28. The molecule has 34 heavy (non-hydrogen) atoms. The number of nitrogens with zero attached hydrogens (tertiary/aromatic N) is 5. The van der Waals surface area contributed by atoms with E-state index in [4.69, 9.17) is 15.2 Å². The maximum absolute atomic E-state index is 9.07. The van der Waals surface area contributed by atoms with Crippen molar-refractivity contribution >= 4 is 11.0 Å². The first-order chi connectivity index (χ1) is 16.8. The Labute approximate surface area is 201 Å². The molecule has 0 amide bonds. The van der Waals surface area contributed by atoms with Gasteiger partial charge in [-0.05, 0) is 61.4 Å². The van der Waals surface area contributed by atoms with Gasteiger partial charge in [-0.2, -0.15) is 5.26 Å². The Morgan fingerprint density at radius 1 is 1.03 bits per heavy atom. The smallest absolute Gasteiger partial charge is 0.124 e. The van der Waals surface area contributed by atoms with E-state index in [0.29, 0.717) is 12.5 Å². The van der Waals surface area contributed by atoms with Gasteiger partial charge in [-0.3, -0.25) is 9.88 Å². The Bertz CT molecular complexity index is 1270. The molecule has 0 N–H and O–H groups in total. The average Bonchev–Trinajstić information content (AvgIpc) is 3.24. The Balaban J connectivity index is 1.48. The summed E-state index contributed by atoms with van der Waals surface area (Å²) in [4.78, 5) is 12.5. The van der Waals surface area contributed by atoms with Crippen molar-refractivity contribution in [3.8, 4) is 6.07 Å². The molecule has 5 rings (SSSR count). The Hall–Kier alpha value is -3.49. The van der Waals surface area contributed by atoms with Crippen LogP contribution in [0.25, 0.3) is 11.0 Å². The first-order valence-corrected chi connectivity index (χ1v) is 12.4. The number of aromatic nitrogens is 3. The number of para-hydroxylation sites is 2. The number of pyridine rings is 1. The number of fused-ring (bicyclic) bond motifs is 2. The molecule has 1 aliphatic carbocycles. The van der Waals surface area contributed by atoms with Crippen molar-refractivity contribution in [2.45, 2.75) is 57.7 Å². The van der Waals surface area contributed by atoms with E-state index >= 15 is 0 Å². The SMILES string of the molecule is N#CCCCn1c(CN(CCc2ccccc2)C2CCCc3cccnc32)nc2ccccc21. The van der Waals surface area contributed by atoms with Gasteiger partial charge in [-0.15, -0.1) is 0 Å². The summed E-state index contributed by atoms with van der Waals surface area (Å²) in [5.41, 5.74) is 6.15. The lowest BCUT2D eigenvalue weighted by atomic mass is 9.90. The van der Waals surface area contributed by atoms with E-state index in [2.05, 4.69) is 76.2 Å². The molecular weight excluding hydrogens is 418 g/mol. The zero-order valence-electron chi connectivity index (χ0n) is 19.6. The zero-order chi connectivity index (χ0) is 23.2. The van der Waals surface area contributed by atoms with E-state index in [9.17, 15) is 0 Å². The number of nitriles is 1. The number of hydrogen-bond donors (Lipinski definition) is 0. The van der Waals surface area contributed by atoms with Crippen LogP contribution < -0.4 is 0 Å². The number of rotatable bonds is 9. The fraction of sp³-hybridized carbons (Fsp3) is 0.345. The van der Waals surface area contributed by atoms with Gasteiger partial charge in [-0.1, -0.05) is 48.5 Å². The monoisotopic (exact) mass is 449 g/mol. The number of imidazole rings is 1. The first kappa shape index (κ1) is 22.3. The van der Waals surface area contributed by atoms with Crippen molar-refractivity contribution in [1.82, 2.24) is 19.4 Å². The molecule has 0 saturated carbocycles. The summed E-state index contributed by atoms with van der Waals surface area (Å²) < 4.78 is 2.32. The lowest BCUT2D eigenvalue weighted by Gasteiger charge is -2.35. The van der Waals surface area contributed by atoms with E-state index in [0.717, 1.165) is 62.2 Å². The molecule has 0 radical (unpaired) electrons. The highest BCUT2D eigenvalue weighted by Crippen LogP contribution is 2.34. The second-order valence-corrected chi connectivity index (χ2v) is 9.09. The van der Waals surface area contributed by atoms with Crippen LogP contribution >= 0.6 is 0 Å². The topological polar surface area (TPSA) is 57.7 Å². The highest BCUT2D eigenvalue weighted by molar-refractivity contribution is 5.75. The van der Waals surface area contributed by atoms with E-state index in [1.165, 1.54) is 23.2 Å². The Morgan fingerprint density at radius 2 is 1.88 bits per heavy atom. The van der Waals surface area contributed by atoms with Crippen LogP contribution in [0.5, 0.6) is 0 Å². The molecule has 172 valence electrons. The van der Waals surface area contributed by atoms with Crippen LogP contribution in [0.3, 0.4) is 0 Å².